The Balaban J connectivity index is 1.69. The standard InChI is InChI=1S/C19H23NO4/c1-3-23-16-9-7-15(8-10-16)13-19(21)20-11-12-24-18-6-4-5-17(14-18)22-2/h4-10,14H,3,11-13H2,1-2H3,(H,20,21). The Bertz CT molecular complexity index is 640. The van der Waals surface area contributed by atoms with Crippen molar-refractivity contribution in [1.29, 1.82) is 0 Å². The van der Waals surface area contributed by atoms with Gasteiger partial charge >= 0.3 is 0 Å². The molecule has 128 valence electrons. The molecule has 0 aromatic heterocycles. The van der Waals surface area contributed by atoms with Crippen molar-refractivity contribution in [3.05, 3.63) is 54.1 Å². The van der Waals surface area contributed by atoms with Crippen molar-refractivity contribution in [1.82, 2.24) is 5.32 Å². The second kappa shape index (κ2) is 9.45. The Kier molecular flexibility index (Phi) is 6.95. The summed E-state index contributed by atoms with van der Waals surface area (Å²) >= 11 is 0. The van der Waals surface area contributed by atoms with Crippen LogP contribution in [0.25, 0.3) is 0 Å². The summed E-state index contributed by atoms with van der Waals surface area (Å²) in [6.07, 6.45) is 0.339. The molecule has 0 unspecified atom stereocenters. The lowest BCUT2D eigenvalue weighted by atomic mass is 10.1. The van der Waals surface area contributed by atoms with Gasteiger partial charge < -0.3 is 19.5 Å². The third-order valence-electron chi connectivity index (χ3n) is 3.33. The SMILES string of the molecule is CCOc1ccc(CC(=O)NCCOc2cccc(OC)c2)cc1. The average Bonchev–Trinajstić information content (AvgIpc) is 2.61. The van der Waals surface area contributed by atoms with Crippen LogP contribution in [-0.2, 0) is 11.2 Å². The molecule has 0 aliphatic heterocycles. The van der Waals surface area contributed by atoms with E-state index in [1.54, 1.807) is 7.11 Å². The molecule has 0 radical (unpaired) electrons. The number of ether oxygens (including phenoxy) is 3. The van der Waals surface area contributed by atoms with Crippen LogP contribution in [0, 0.1) is 0 Å². The summed E-state index contributed by atoms with van der Waals surface area (Å²) in [5, 5.41) is 2.84. The summed E-state index contributed by atoms with van der Waals surface area (Å²) in [5.41, 5.74) is 0.949. The normalized spacial score (nSPS) is 10.1. The number of benzene rings is 2. The maximum Gasteiger partial charge on any atom is 0.224 e. The van der Waals surface area contributed by atoms with Crippen LogP contribution in [0.2, 0.25) is 0 Å². The first kappa shape index (κ1) is 17.7. The summed E-state index contributed by atoms with van der Waals surface area (Å²) in [6, 6.07) is 14.9. The molecule has 0 bridgehead atoms. The molecule has 0 aliphatic carbocycles. The topological polar surface area (TPSA) is 56.8 Å². The number of methoxy groups -OCH3 is 1. The van der Waals surface area contributed by atoms with E-state index < -0.39 is 0 Å². The minimum absolute atomic E-state index is 0.0339. The summed E-state index contributed by atoms with van der Waals surface area (Å²) in [5.74, 6) is 2.24. The lowest BCUT2D eigenvalue weighted by molar-refractivity contribution is -0.120. The molecule has 2 rings (SSSR count). The van der Waals surface area contributed by atoms with Crippen molar-refractivity contribution >= 4 is 5.91 Å². The molecule has 0 spiro atoms. The molecular weight excluding hydrogens is 306 g/mol. The van der Waals surface area contributed by atoms with E-state index >= 15 is 0 Å². The van der Waals surface area contributed by atoms with Crippen LogP contribution in [0.1, 0.15) is 12.5 Å². The molecule has 2 aromatic carbocycles. The number of nitrogens with one attached hydrogen (secondary N) is 1. The lowest BCUT2D eigenvalue weighted by Gasteiger charge is -2.09. The highest BCUT2D eigenvalue weighted by Gasteiger charge is 2.04. The zero-order valence-corrected chi connectivity index (χ0v) is 14.1. The number of hydrogen-bond donors (Lipinski definition) is 1. The van der Waals surface area contributed by atoms with Crippen molar-refractivity contribution in [3.63, 3.8) is 0 Å². The van der Waals surface area contributed by atoms with Crippen molar-refractivity contribution in [2.75, 3.05) is 26.9 Å². The monoisotopic (exact) mass is 329 g/mol. The Morgan fingerprint density at radius 3 is 2.46 bits per heavy atom. The van der Waals surface area contributed by atoms with E-state index in [0.29, 0.717) is 26.2 Å². The second-order valence-corrected chi connectivity index (χ2v) is 5.13. The van der Waals surface area contributed by atoms with Crippen LogP contribution >= 0.6 is 0 Å². The fourth-order valence-corrected chi connectivity index (χ4v) is 2.17. The number of amides is 1. The van der Waals surface area contributed by atoms with Gasteiger partial charge in [0.15, 0.2) is 0 Å². The van der Waals surface area contributed by atoms with Crippen molar-refractivity contribution in [3.8, 4) is 17.2 Å². The first-order valence-corrected chi connectivity index (χ1v) is 7.96. The van der Waals surface area contributed by atoms with Crippen LogP contribution in [0.4, 0.5) is 0 Å². The van der Waals surface area contributed by atoms with Crippen LogP contribution in [0.3, 0.4) is 0 Å². The van der Waals surface area contributed by atoms with E-state index in [9.17, 15) is 4.79 Å². The molecular formula is C19H23NO4. The van der Waals surface area contributed by atoms with Gasteiger partial charge in [-0.1, -0.05) is 18.2 Å². The molecule has 0 heterocycles. The smallest absolute Gasteiger partial charge is 0.224 e. The van der Waals surface area contributed by atoms with Gasteiger partial charge in [0, 0.05) is 6.07 Å². The van der Waals surface area contributed by atoms with Gasteiger partial charge in [-0.15, -0.1) is 0 Å². The van der Waals surface area contributed by atoms with Crippen LogP contribution in [0.15, 0.2) is 48.5 Å². The van der Waals surface area contributed by atoms with Gasteiger partial charge in [0.1, 0.15) is 23.9 Å². The third kappa shape index (κ3) is 5.83. The van der Waals surface area contributed by atoms with E-state index in [1.165, 1.54) is 0 Å². The molecule has 1 amide bonds. The largest absolute Gasteiger partial charge is 0.497 e. The van der Waals surface area contributed by atoms with Crippen LogP contribution < -0.4 is 19.5 Å². The highest BCUT2D eigenvalue weighted by molar-refractivity contribution is 5.78. The highest BCUT2D eigenvalue weighted by atomic mass is 16.5. The van der Waals surface area contributed by atoms with Gasteiger partial charge in [0.25, 0.3) is 0 Å². The molecule has 0 atom stereocenters. The van der Waals surface area contributed by atoms with Gasteiger partial charge in [0.2, 0.25) is 5.91 Å². The van der Waals surface area contributed by atoms with Crippen LogP contribution in [-0.4, -0.2) is 32.8 Å². The van der Waals surface area contributed by atoms with Gasteiger partial charge in [-0.3, -0.25) is 4.79 Å². The van der Waals surface area contributed by atoms with E-state index in [1.807, 2.05) is 55.5 Å². The van der Waals surface area contributed by atoms with E-state index in [2.05, 4.69) is 5.32 Å². The summed E-state index contributed by atoms with van der Waals surface area (Å²) in [4.78, 5) is 11.9. The molecule has 5 heteroatoms. The Morgan fingerprint density at radius 2 is 1.75 bits per heavy atom. The number of hydrogen-bond acceptors (Lipinski definition) is 4. The van der Waals surface area contributed by atoms with Gasteiger partial charge in [-0.05, 0) is 36.8 Å². The first-order valence-electron chi connectivity index (χ1n) is 7.96. The number of carbonyl (C=O) groups is 1. The highest BCUT2D eigenvalue weighted by Crippen LogP contribution is 2.18. The third-order valence-corrected chi connectivity index (χ3v) is 3.33. The predicted molar refractivity (Wildman–Crippen MR) is 92.8 cm³/mol. The van der Waals surface area contributed by atoms with Gasteiger partial charge in [-0.25, -0.2) is 0 Å². The summed E-state index contributed by atoms with van der Waals surface area (Å²) in [7, 11) is 1.61. The summed E-state index contributed by atoms with van der Waals surface area (Å²) < 4.78 is 16.1. The van der Waals surface area contributed by atoms with Crippen molar-refractivity contribution in [2.45, 2.75) is 13.3 Å². The molecule has 0 aliphatic rings. The molecule has 0 saturated carbocycles. The van der Waals surface area contributed by atoms with Crippen molar-refractivity contribution in [2.24, 2.45) is 0 Å². The molecule has 2 aromatic rings. The minimum Gasteiger partial charge on any atom is -0.497 e. The predicted octanol–water partition coefficient (Wildman–Crippen LogP) is 2.83. The molecule has 0 fully saturated rings. The van der Waals surface area contributed by atoms with E-state index in [4.69, 9.17) is 14.2 Å². The fraction of sp³-hybridized carbons (Fsp3) is 0.316. The Hall–Kier alpha value is -2.69. The first-order chi connectivity index (χ1) is 11.7. The zero-order chi connectivity index (χ0) is 17.2. The molecule has 1 N–H and O–H groups in total. The lowest BCUT2D eigenvalue weighted by Crippen LogP contribution is -2.29. The molecule has 0 saturated heterocycles. The quantitative estimate of drug-likeness (QED) is 0.719. The Morgan fingerprint density at radius 1 is 1.00 bits per heavy atom. The van der Waals surface area contributed by atoms with Crippen LogP contribution in [0.5, 0.6) is 17.2 Å². The maximum atomic E-state index is 11.9. The maximum absolute atomic E-state index is 11.9. The number of rotatable bonds is 9. The van der Waals surface area contributed by atoms with Gasteiger partial charge in [0.05, 0.1) is 26.7 Å². The Labute approximate surface area is 142 Å². The van der Waals surface area contributed by atoms with Gasteiger partial charge in [-0.2, -0.15) is 0 Å². The zero-order valence-electron chi connectivity index (χ0n) is 14.1. The molecule has 5 nitrogen and oxygen atoms in total. The molecule has 24 heavy (non-hydrogen) atoms. The summed E-state index contributed by atoms with van der Waals surface area (Å²) in [6.45, 7) is 3.43. The number of carbonyl (C=O) groups excluding carboxylic acids is 1. The van der Waals surface area contributed by atoms with E-state index in [-0.39, 0.29) is 5.91 Å². The van der Waals surface area contributed by atoms with Crippen molar-refractivity contribution < 1.29 is 19.0 Å². The fourth-order valence-electron chi connectivity index (χ4n) is 2.17. The second-order valence-electron chi connectivity index (χ2n) is 5.13. The minimum atomic E-state index is -0.0339. The average molecular weight is 329 g/mol. The van der Waals surface area contributed by atoms with E-state index in [0.717, 1.165) is 22.8 Å².